The van der Waals surface area contributed by atoms with Crippen molar-refractivity contribution < 1.29 is 14.6 Å². The largest absolute Gasteiger partial charge is 0.494 e. The second-order valence-corrected chi connectivity index (χ2v) is 5.44. The molecule has 1 atom stereocenters. The van der Waals surface area contributed by atoms with Crippen molar-refractivity contribution in [2.45, 2.75) is 39.7 Å². The maximum Gasteiger partial charge on any atom is 0.319 e. The first kappa shape index (κ1) is 17.3. The highest BCUT2D eigenvalue weighted by Gasteiger charge is 2.08. The van der Waals surface area contributed by atoms with Gasteiger partial charge in [0.1, 0.15) is 5.75 Å². The van der Waals surface area contributed by atoms with Crippen molar-refractivity contribution in [3.05, 3.63) is 24.3 Å². The summed E-state index contributed by atoms with van der Waals surface area (Å²) < 4.78 is 5.61. The highest BCUT2D eigenvalue weighted by molar-refractivity contribution is 5.89. The number of hydrogen-bond donors (Lipinski definition) is 3. The van der Waals surface area contributed by atoms with Crippen LogP contribution in [0.4, 0.5) is 10.5 Å². The van der Waals surface area contributed by atoms with Crippen molar-refractivity contribution >= 4 is 11.7 Å². The van der Waals surface area contributed by atoms with Gasteiger partial charge in [0.2, 0.25) is 0 Å². The number of benzene rings is 1. The average molecular weight is 294 g/mol. The number of rotatable bonds is 8. The van der Waals surface area contributed by atoms with Gasteiger partial charge in [-0.05, 0) is 43.0 Å². The Balaban J connectivity index is 2.41. The van der Waals surface area contributed by atoms with Gasteiger partial charge in [0.05, 0.1) is 19.3 Å². The van der Waals surface area contributed by atoms with Crippen LogP contribution >= 0.6 is 0 Å². The maximum absolute atomic E-state index is 11.7. The number of anilines is 1. The van der Waals surface area contributed by atoms with Crippen LogP contribution in [0.25, 0.3) is 0 Å². The average Bonchev–Trinajstić information content (AvgIpc) is 2.46. The zero-order valence-electron chi connectivity index (χ0n) is 13.1. The molecule has 0 aliphatic carbocycles. The van der Waals surface area contributed by atoms with Gasteiger partial charge in [-0.1, -0.05) is 20.8 Å². The van der Waals surface area contributed by atoms with Gasteiger partial charge in [0.15, 0.2) is 0 Å². The van der Waals surface area contributed by atoms with Crippen molar-refractivity contribution in [2.24, 2.45) is 5.92 Å². The lowest BCUT2D eigenvalue weighted by molar-refractivity contribution is 0.222. The number of aliphatic hydroxyl groups is 1. The molecule has 2 amide bonds. The number of amides is 2. The summed E-state index contributed by atoms with van der Waals surface area (Å²) in [7, 11) is 0. The van der Waals surface area contributed by atoms with E-state index in [-0.39, 0.29) is 18.7 Å². The van der Waals surface area contributed by atoms with Gasteiger partial charge in [0.25, 0.3) is 0 Å². The minimum atomic E-state index is -0.315. The zero-order valence-corrected chi connectivity index (χ0v) is 13.1. The van der Waals surface area contributed by atoms with Crippen LogP contribution in [0.1, 0.15) is 33.6 Å². The Morgan fingerprint density at radius 2 is 1.95 bits per heavy atom. The van der Waals surface area contributed by atoms with Crippen LogP contribution in [0, 0.1) is 5.92 Å². The summed E-state index contributed by atoms with van der Waals surface area (Å²) in [5.41, 5.74) is 0.691. The van der Waals surface area contributed by atoms with E-state index in [2.05, 4.69) is 24.5 Å². The van der Waals surface area contributed by atoms with Crippen molar-refractivity contribution in [3.8, 4) is 5.75 Å². The molecule has 5 heteroatoms. The Kier molecular flexibility index (Phi) is 7.61. The second kappa shape index (κ2) is 9.23. The maximum atomic E-state index is 11.7. The van der Waals surface area contributed by atoms with Gasteiger partial charge < -0.3 is 20.5 Å². The summed E-state index contributed by atoms with van der Waals surface area (Å²) in [6.45, 7) is 6.85. The van der Waals surface area contributed by atoms with E-state index >= 15 is 0 Å². The first-order valence-electron chi connectivity index (χ1n) is 7.46. The Labute approximate surface area is 126 Å². The van der Waals surface area contributed by atoms with Crippen LogP contribution in [0.15, 0.2) is 24.3 Å². The fourth-order valence-electron chi connectivity index (χ4n) is 1.68. The lowest BCUT2D eigenvalue weighted by Crippen LogP contribution is -2.39. The standard InChI is InChI=1S/C16H26N2O3/c1-4-13(11-19)17-16(20)18-14-5-7-15(8-6-14)21-10-9-12(2)3/h5-8,12-13,19H,4,9-11H2,1-3H3,(H2,17,18,20). The number of hydrogen-bond acceptors (Lipinski definition) is 3. The summed E-state index contributed by atoms with van der Waals surface area (Å²) in [4.78, 5) is 11.7. The van der Waals surface area contributed by atoms with Crippen LogP contribution in [-0.4, -0.2) is 30.4 Å². The zero-order chi connectivity index (χ0) is 15.7. The van der Waals surface area contributed by atoms with Crippen LogP contribution < -0.4 is 15.4 Å². The number of nitrogens with one attached hydrogen (secondary N) is 2. The van der Waals surface area contributed by atoms with E-state index in [0.29, 0.717) is 24.6 Å². The van der Waals surface area contributed by atoms with Crippen LogP contribution in [-0.2, 0) is 0 Å². The number of ether oxygens (including phenoxy) is 1. The second-order valence-electron chi connectivity index (χ2n) is 5.44. The van der Waals surface area contributed by atoms with E-state index in [9.17, 15) is 4.79 Å². The minimum Gasteiger partial charge on any atom is -0.494 e. The molecule has 1 aromatic rings. The molecule has 0 fully saturated rings. The van der Waals surface area contributed by atoms with Gasteiger partial charge in [-0.15, -0.1) is 0 Å². The highest BCUT2D eigenvalue weighted by atomic mass is 16.5. The van der Waals surface area contributed by atoms with Crippen molar-refractivity contribution in [3.63, 3.8) is 0 Å². The van der Waals surface area contributed by atoms with Crippen molar-refractivity contribution in [1.29, 1.82) is 0 Å². The lowest BCUT2D eigenvalue weighted by Gasteiger charge is -2.15. The smallest absolute Gasteiger partial charge is 0.319 e. The molecular formula is C16H26N2O3. The molecule has 0 radical (unpaired) electrons. The number of urea groups is 1. The predicted molar refractivity (Wildman–Crippen MR) is 84.7 cm³/mol. The molecule has 0 bridgehead atoms. The van der Waals surface area contributed by atoms with Crippen LogP contribution in [0.3, 0.4) is 0 Å². The fourth-order valence-corrected chi connectivity index (χ4v) is 1.68. The lowest BCUT2D eigenvalue weighted by atomic mass is 10.1. The summed E-state index contributed by atoms with van der Waals surface area (Å²) >= 11 is 0. The minimum absolute atomic E-state index is 0.0629. The Bertz CT molecular complexity index is 414. The summed E-state index contributed by atoms with van der Waals surface area (Å²) in [5.74, 6) is 1.41. The van der Waals surface area contributed by atoms with Crippen molar-refractivity contribution in [1.82, 2.24) is 5.32 Å². The third-order valence-corrected chi connectivity index (χ3v) is 3.12. The molecule has 5 nitrogen and oxygen atoms in total. The topological polar surface area (TPSA) is 70.6 Å². The third-order valence-electron chi connectivity index (χ3n) is 3.12. The number of carbonyl (C=O) groups is 1. The first-order chi connectivity index (χ1) is 10.0. The molecule has 0 saturated carbocycles. The number of aliphatic hydroxyl groups excluding tert-OH is 1. The summed E-state index contributed by atoms with van der Waals surface area (Å²) in [6, 6.07) is 6.72. The van der Waals surface area contributed by atoms with Gasteiger partial charge in [0, 0.05) is 5.69 Å². The molecule has 0 aliphatic heterocycles. The molecule has 0 aliphatic rings. The highest BCUT2D eigenvalue weighted by Crippen LogP contribution is 2.16. The van der Waals surface area contributed by atoms with Gasteiger partial charge in [-0.3, -0.25) is 0 Å². The summed E-state index contributed by atoms with van der Waals surface area (Å²) in [5, 5.41) is 14.5. The molecule has 3 N–H and O–H groups in total. The molecule has 0 heterocycles. The van der Waals surface area contributed by atoms with E-state index in [4.69, 9.17) is 9.84 Å². The van der Waals surface area contributed by atoms with E-state index in [0.717, 1.165) is 12.2 Å². The molecule has 1 rings (SSSR count). The van der Waals surface area contributed by atoms with E-state index in [1.54, 1.807) is 12.1 Å². The Hall–Kier alpha value is -1.75. The normalized spacial score (nSPS) is 12.0. The van der Waals surface area contributed by atoms with E-state index < -0.39 is 0 Å². The Morgan fingerprint density at radius 1 is 1.29 bits per heavy atom. The predicted octanol–water partition coefficient (Wildman–Crippen LogP) is 3.00. The van der Waals surface area contributed by atoms with E-state index in [1.807, 2.05) is 19.1 Å². The van der Waals surface area contributed by atoms with Gasteiger partial charge >= 0.3 is 6.03 Å². The van der Waals surface area contributed by atoms with Gasteiger partial charge in [-0.25, -0.2) is 4.79 Å². The molecule has 1 unspecified atom stereocenters. The van der Waals surface area contributed by atoms with E-state index in [1.165, 1.54) is 0 Å². The molecule has 0 saturated heterocycles. The molecule has 118 valence electrons. The Morgan fingerprint density at radius 3 is 2.48 bits per heavy atom. The van der Waals surface area contributed by atoms with Crippen LogP contribution in [0.2, 0.25) is 0 Å². The number of carbonyl (C=O) groups excluding carboxylic acids is 1. The fraction of sp³-hybridized carbons (Fsp3) is 0.562. The van der Waals surface area contributed by atoms with Gasteiger partial charge in [-0.2, -0.15) is 0 Å². The molecule has 1 aromatic carbocycles. The van der Waals surface area contributed by atoms with Crippen molar-refractivity contribution in [2.75, 3.05) is 18.5 Å². The third kappa shape index (κ3) is 6.99. The molecule has 0 spiro atoms. The molecule has 0 aromatic heterocycles. The SMILES string of the molecule is CCC(CO)NC(=O)Nc1ccc(OCCC(C)C)cc1. The molecule has 21 heavy (non-hydrogen) atoms. The van der Waals surface area contributed by atoms with Crippen LogP contribution in [0.5, 0.6) is 5.75 Å². The summed E-state index contributed by atoms with van der Waals surface area (Å²) in [6.07, 6.45) is 1.70. The quantitative estimate of drug-likeness (QED) is 0.690. The first-order valence-corrected chi connectivity index (χ1v) is 7.46. The monoisotopic (exact) mass is 294 g/mol. The molecular weight excluding hydrogens is 268 g/mol.